The molecule has 23 heavy (non-hydrogen) atoms. The summed E-state index contributed by atoms with van der Waals surface area (Å²) in [6.07, 6.45) is 3.44. The Bertz CT molecular complexity index is 499. The van der Waals surface area contributed by atoms with Crippen LogP contribution in [0.3, 0.4) is 0 Å². The van der Waals surface area contributed by atoms with Crippen molar-refractivity contribution < 1.29 is 9.13 Å². The van der Waals surface area contributed by atoms with Crippen LogP contribution in [-0.4, -0.2) is 38.4 Å². The van der Waals surface area contributed by atoms with Gasteiger partial charge in [0.05, 0.1) is 17.9 Å². The van der Waals surface area contributed by atoms with Crippen LogP contribution in [-0.2, 0) is 4.74 Å². The van der Waals surface area contributed by atoms with Crippen molar-refractivity contribution in [2.24, 2.45) is 5.73 Å². The number of unbranched alkanes of at least 4 members (excludes halogenated alkanes) is 2. The fourth-order valence-electron chi connectivity index (χ4n) is 3.20. The molecule has 1 heterocycles. The number of nitrogens with one attached hydrogen (secondary N) is 1. The van der Waals surface area contributed by atoms with Crippen LogP contribution in [0.15, 0.2) is 12.1 Å². The largest absolute Gasteiger partial charge is 0.383 e. The van der Waals surface area contributed by atoms with E-state index in [0.29, 0.717) is 11.3 Å². The zero-order chi connectivity index (χ0) is 16.8. The summed E-state index contributed by atoms with van der Waals surface area (Å²) in [5.74, 6) is -0.145. The van der Waals surface area contributed by atoms with Crippen LogP contribution in [0.5, 0.6) is 0 Å². The first kappa shape index (κ1) is 18.0. The lowest BCUT2D eigenvalue weighted by Gasteiger charge is -2.37. The van der Waals surface area contributed by atoms with Crippen LogP contribution in [0.2, 0.25) is 0 Å². The average molecular weight is 323 g/mol. The summed E-state index contributed by atoms with van der Waals surface area (Å²) in [6, 6.07) is 3.87. The standard InChI is InChI=1S/C18H30FN3O/c1-13-11-22(12-14(2)23-13)17-8-7-16(18(19)15(17)3)21-10-6-4-5-9-20/h7-8,13-14,21H,4-6,9-12,20H2,1-3H3. The molecule has 0 saturated carbocycles. The summed E-state index contributed by atoms with van der Waals surface area (Å²) in [7, 11) is 0. The van der Waals surface area contributed by atoms with Crippen molar-refractivity contribution in [2.45, 2.75) is 52.2 Å². The normalized spacial score (nSPS) is 21.5. The Kier molecular flexibility index (Phi) is 6.66. The van der Waals surface area contributed by atoms with Gasteiger partial charge in [-0.1, -0.05) is 6.42 Å². The number of halogens is 1. The van der Waals surface area contributed by atoms with E-state index in [0.717, 1.165) is 51.1 Å². The highest BCUT2D eigenvalue weighted by atomic mass is 19.1. The van der Waals surface area contributed by atoms with Gasteiger partial charge in [0.2, 0.25) is 0 Å². The third-order valence-electron chi connectivity index (χ3n) is 4.31. The van der Waals surface area contributed by atoms with Crippen molar-refractivity contribution in [1.29, 1.82) is 0 Å². The minimum atomic E-state index is -0.145. The molecular weight excluding hydrogens is 293 g/mol. The second-order valence-electron chi connectivity index (χ2n) is 6.51. The number of hydrogen-bond acceptors (Lipinski definition) is 4. The van der Waals surface area contributed by atoms with Gasteiger partial charge in [-0.3, -0.25) is 0 Å². The van der Waals surface area contributed by atoms with Crippen molar-refractivity contribution >= 4 is 11.4 Å². The molecule has 1 aliphatic heterocycles. The second-order valence-corrected chi connectivity index (χ2v) is 6.51. The van der Waals surface area contributed by atoms with Crippen molar-refractivity contribution in [3.05, 3.63) is 23.5 Å². The number of hydrogen-bond donors (Lipinski definition) is 2. The topological polar surface area (TPSA) is 50.5 Å². The van der Waals surface area contributed by atoms with Crippen molar-refractivity contribution in [2.75, 3.05) is 36.4 Å². The Morgan fingerprint density at radius 3 is 2.57 bits per heavy atom. The van der Waals surface area contributed by atoms with E-state index in [1.165, 1.54) is 0 Å². The Labute approximate surface area is 139 Å². The summed E-state index contributed by atoms with van der Waals surface area (Å²) in [5.41, 5.74) is 7.75. The van der Waals surface area contributed by atoms with E-state index in [9.17, 15) is 4.39 Å². The zero-order valence-electron chi connectivity index (χ0n) is 14.6. The second kappa shape index (κ2) is 8.50. The predicted octanol–water partition coefficient (Wildman–Crippen LogP) is 3.29. The van der Waals surface area contributed by atoms with Gasteiger partial charge in [-0.15, -0.1) is 0 Å². The molecule has 1 aromatic carbocycles. The molecule has 0 bridgehead atoms. The fourth-order valence-corrected chi connectivity index (χ4v) is 3.20. The maximum atomic E-state index is 14.6. The van der Waals surface area contributed by atoms with Crippen LogP contribution in [0.25, 0.3) is 0 Å². The molecule has 2 unspecified atom stereocenters. The highest BCUT2D eigenvalue weighted by molar-refractivity contribution is 5.62. The highest BCUT2D eigenvalue weighted by Gasteiger charge is 2.24. The lowest BCUT2D eigenvalue weighted by Crippen LogP contribution is -2.45. The fraction of sp³-hybridized carbons (Fsp3) is 0.667. The minimum absolute atomic E-state index is 0.145. The summed E-state index contributed by atoms with van der Waals surface area (Å²) in [4.78, 5) is 2.22. The summed E-state index contributed by atoms with van der Waals surface area (Å²) in [6.45, 7) is 9.08. The third kappa shape index (κ3) is 4.82. The molecule has 5 heteroatoms. The molecule has 1 saturated heterocycles. The summed E-state index contributed by atoms with van der Waals surface area (Å²) >= 11 is 0. The molecule has 0 aromatic heterocycles. The maximum absolute atomic E-state index is 14.6. The first-order valence-electron chi connectivity index (χ1n) is 8.66. The van der Waals surface area contributed by atoms with Crippen LogP contribution in [0.4, 0.5) is 15.8 Å². The molecular formula is C18H30FN3O. The quantitative estimate of drug-likeness (QED) is 0.756. The molecule has 0 radical (unpaired) electrons. The molecule has 0 aliphatic carbocycles. The van der Waals surface area contributed by atoms with Gasteiger partial charge in [-0.05, 0) is 52.3 Å². The molecule has 2 atom stereocenters. The molecule has 1 aromatic rings. The summed E-state index contributed by atoms with van der Waals surface area (Å²) in [5, 5.41) is 3.20. The smallest absolute Gasteiger partial charge is 0.151 e. The van der Waals surface area contributed by atoms with E-state index in [-0.39, 0.29) is 18.0 Å². The lowest BCUT2D eigenvalue weighted by molar-refractivity contribution is -0.00526. The Morgan fingerprint density at radius 1 is 1.22 bits per heavy atom. The van der Waals surface area contributed by atoms with Gasteiger partial charge in [-0.2, -0.15) is 0 Å². The van der Waals surface area contributed by atoms with Crippen molar-refractivity contribution in [3.8, 4) is 0 Å². The van der Waals surface area contributed by atoms with Gasteiger partial charge in [0, 0.05) is 30.9 Å². The van der Waals surface area contributed by atoms with E-state index in [2.05, 4.69) is 24.1 Å². The van der Waals surface area contributed by atoms with E-state index < -0.39 is 0 Å². The molecule has 1 aliphatic rings. The molecule has 0 amide bonds. The van der Waals surface area contributed by atoms with Gasteiger partial charge in [0.15, 0.2) is 5.82 Å². The molecule has 130 valence electrons. The number of rotatable bonds is 7. The first-order chi connectivity index (χ1) is 11.0. The lowest BCUT2D eigenvalue weighted by atomic mass is 10.1. The van der Waals surface area contributed by atoms with E-state index in [1.807, 2.05) is 19.1 Å². The van der Waals surface area contributed by atoms with Gasteiger partial charge >= 0.3 is 0 Å². The zero-order valence-corrected chi connectivity index (χ0v) is 14.6. The van der Waals surface area contributed by atoms with Crippen molar-refractivity contribution in [3.63, 3.8) is 0 Å². The van der Waals surface area contributed by atoms with Gasteiger partial charge in [-0.25, -0.2) is 4.39 Å². The number of ether oxygens (including phenoxy) is 1. The molecule has 3 N–H and O–H groups in total. The number of morpholine rings is 1. The molecule has 0 spiro atoms. The Morgan fingerprint density at radius 2 is 1.91 bits per heavy atom. The van der Waals surface area contributed by atoms with Crippen molar-refractivity contribution in [1.82, 2.24) is 0 Å². The van der Waals surface area contributed by atoms with Crippen LogP contribution in [0.1, 0.15) is 38.7 Å². The Hall–Kier alpha value is -1.33. The maximum Gasteiger partial charge on any atom is 0.151 e. The summed E-state index contributed by atoms with van der Waals surface area (Å²) < 4.78 is 20.4. The Balaban J connectivity index is 2.02. The van der Waals surface area contributed by atoms with E-state index >= 15 is 0 Å². The minimum Gasteiger partial charge on any atom is -0.383 e. The van der Waals surface area contributed by atoms with Crippen LogP contribution in [0, 0.1) is 12.7 Å². The number of anilines is 2. The van der Waals surface area contributed by atoms with E-state index in [1.54, 1.807) is 0 Å². The van der Waals surface area contributed by atoms with Gasteiger partial charge in [0.25, 0.3) is 0 Å². The first-order valence-corrected chi connectivity index (χ1v) is 8.66. The average Bonchev–Trinajstić information content (AvgIpc) is 2.50. The van der Waals surface area contributed by atoms with Crippen LogP contribution >= 0.6 is 0 Å². The highest BCUT2D eigenvalue weighted by Crippen LogP contribution is 2.30. The third-order valence-corrected chi connectivity index (χ3v) is 4.31. The van der Waals surface area contributed by atoms with Crippen LogP contribution < -0.4 is 16.0 Å². The van der Waals surface area contributed by atoms with E-state index in [4.69, 9.17) is 10.5 Å². The van der Waals surface area contributed by atoms with Gasteiger partial charge < -0.3 is 20.7 Å². The monoisotopic (exact) mass is 323 g/mol. The van der Waals surface area contributed by atoms with Gasteiger partial charge in [0.1, 0.15) is 0 Å². The molecule has 1 fully saturated rings. The molecule has 4 nitrogen and oxygen atoms in total. The molecule has 2 rings (SSSR count). The predicted molar refractivity (Wildman–Crippen MR) is 94.8 cm³/mol. The number of nitrogens with two attached hydrogens (primary N) is 1. The number of benzene rings is 1. The SMILES string of the molecule is Cc1c(N2CC(C)OC(C)C2)ccc(NCCCCCN)c1F. The number of nitrogens with zero attached hydrogens (tertiary/aromatic N) is 1.